The average Bonchev–Trinajstić information content (AvgIpc) is 2.72. The number of Topliss-reactive ketones (excluding diaryl/α,β-unsaturated/α-hetero) is 3. The Hall–Kier alpha value is -0.560. The molecule has 0 amide bonds. The summed E-state index contributed by atoms with van der Waals surface area (Å²) in [5, 5.41) is -1.18. The van der Waals surface area contributed by atoms with Crippen molar-refractivity contribution < 1.29 is 14.4 Å². The molecule has 0 radical (unpaired) electrons. The fraction of sp³-hybridized carbons (Fsp3) is 0.885. The van der Waals surface area contributed by atoms with Crippen molar-refractivity contribution in [1.82, 2.24) is 0 Å². The number of carbonyl (C=O) groups is 3. The van der Waals surface area contributed by atoms with E-state index in [9.17, 15) is 14.4 Å². The van der Waals surface area contributed by atoms with Crippen molar-refractivity contribution in [3.63, 3.8) is 0 Å². The summed E-state index contributed by atoms with van der Waals surface area (Å²) in [6.07, 6.45) is 17.6. The summed E-state index contributed by atoms with van der Waals surface area (Å²) < 4.78 is 0. The standard InChI is InChI=1S/C26H49O3P/c1-4-7-10-13-16-19-23(27)22-26(30,24(28)20-17-14-11-8-5-2)25(29)21-18-15-12-9-6-3/h4-22,30H2,1-3H3. The maximum absolute atomic E-state index is 13.0. The van der Waals surface area contributed by atoms with E-state index in [2.05, 4.69) is 30.0 Å². The van der Waals surface area contributed by atoms with E-state index in [1.165, 1.54) is 38.5 Å². The van der Waals surface area contributed by atoms with Crippen molar-refractivity contribution in [3.05, 3.63) is 0 Å². The lowest BCUT2D eigenvalue weighted by Crippen LogP contribution is -2.42. The lowest BCUT2D eigenvalue weighted by atomic mass is 9.85. The Bertz CT molecular complexity index is 447. The Morgan fingerprint density at radius 1 is 0.533 bits per heavy atom. The van der Waals surface area contributed by atoms with Gasteiger partial charge >= 0.3 is 0 Å². The third kappa shape index (κ3) is 13.7. The van der Waals surface area contributed by atoms with Gasteiger partial charge in [0.15, 0.2) is 11.6 Å². The zero-order valence-electron chi connectivity index (χ0n) is 20.2. The average molecular weight is 441 g/mol. The fourth-order valence-corrected chi connectivity index (χ4v) is 4.42. The molecule has 4 heteroatoms. The third-order valence-electron chi connectivity index (χ3n) is 6.05. The summed E-state index contributed by atoms with van der Waals surface area (Å²) in [5.41, 5.74) is 0. The van der Waals surface area contributed by atoms with Crippen LogP contribution in [0.4, 0.5) is 0 Å². The maximum atomic E-state index is 13.0. The Kier molecular flexibility index (Phi) is 18.8. The van der Waals surface area contributed by atoms with Gasteiger partial charge in [-0.1, -0.05) is 97.8 Å². The molecule has 1 unspecified atom stereocenters. The van der Waals surface area contributed by atoms with Crippen LogP contribution in [0, 0.1) is 0 Å². The molecule has 3 nitrogen and oxygen atoms in total. The van der Waals surface area contributed by atoms with Crippen LogP contribution in [0.2, 0.25) is 0 Å². The summed E-state index contributed by atoms with van der Waals surface area (Å²) in [6, 6.07) is 0. The van der Waals surface area contributed by atoms with Gasteiger partial charge in [-0.15, -0.1) is 9.24 Å². The van der Waals surface area contributed by atoms with Crippen molar-refractivity contribution in [1.29, 1.82) is 0 Å². The minimum absolute atomic E-state index is 0.0399. The van der Waals surface area contributed by atoms with Crippen LogP contribution in [0.1, 0.15) is 143 Å². The zero-order chi connectivity index (χ0) is 22.7. The van der Waals surface area contributed by atoms with E-state index in [1.807, 2.05) is 0 Å². The van der Waals surface area contributed by atoms with Crippen LogP contribution < -0.4 is 0 Å². The molecule has 0 aliphatic heterocycles. The summed E-state index contributed by atoms with van der Waals surface area (Å²) in [7, 11) is 2.53. The highest BCUT2D eigenvalue weighted by Crippen LogP contribution is 2.31. The summed E-state index contributed by atoms with van der Waals surface area (Å²) in [5.74, 6) is -0.0102. The molecule has 30 heavy (non-hydrogen) atoms. The topological polar surface area (TPSA) is 51.2 Å². The van der Waals surface area contributed by atoms with Crippen LogP contribution in [0.25, 0.3) is 0 Å². The van der Waals surface area contributed by atoms with Gasteiger partial charge in [0.25, 0.3) is 0 Å². The van der Waals surface area contributed by atoms with E-state index in [0.29, 0.717) is 19.3 Å². The number of unbranched alkanes of at least 4 members (excludes halogenated alkanes) is 12. The number of hydrogen-bond acceptors (Lipinski definition) is 3. The number of carbonyl (C=O) groups excluding carboxylic acids is 3. The molecule has 0 spiro atoms. The first kappa shape index (κ1) is 29.4. The molecule has 0 rings (SSSR count). The Morgan fingerprint density at radius 3 is 1.23 bits per heavy atom. The molecule has 0 N–H and O–H groups in total. The van der Waals surface area contributed by atoms with Crippen LogP contribution >= 0.6 is 9.24 Å². The van der Waals surface area contributed by atoms with E-state index in [1.54, 1.807) is 0 Å². The monoisotopic (exact) mass is 440 g/mol. The molecule has 0 fully saturated rings. The van der Waals surface area contributed by atoms with Crippen LogP contribution in [0.5, 0.6) is 0 Å². The third-order valence-corrected chi connectivity index (χ3v) is 6.89. The van der Waals surface area contributed by atoms with Crippen LogP contribution in [-0.4, -0.2) is 22.5 Å². The first-order chi connectivity index (χ1) is 14.4. The van der Waals surface area contributed by atoms with E-state index >= 15 is 0 Å². The van der Waals surface area contributed by atoms with Gasteiger partial charge in [0.05, 0.1) is 0 Å². The molecular formula is C26H49O3P. The van der Waals surface area contributed by atoms with Gasteiger partial charge in [-0.3, -0.25) is 14.4 Å². The number of hydrogen-bond donors (Lipinski definition) is 0. The second kappa shape index (κ2) is 19.1. The van der Waals surface area contributed by atoms with Gasteiger partial charge < -0.3 is 0 Å². The largest absolute Gasteiger partial charge is 0.300 e. The van der Waals surface area contributed by atoms with Gasteiger partial charge in [0.2, 0.25) is 0 Å². The second-order valence-electron chi connectivity index (χ2n) is 9.03. The predicted octanol–water partition coefficient (Wildman–Crippen LogP) is 7.78. The quantitative estimate of drug-likeness (QED) is 0.0981. The van der Waals surface area contributed by atoms with Crippen LogP contribution in [0.3, 0.4) is 0 Å². The van der Waals surface area contributed by atoms with Crippen LogP contribution in [0.15, 0.2) is 0 Å². The molecule has 0 aliphatic carbocycles. The maximum Gasteiger partial charge on any atom is 0.150 e. The molecule has 0 saturated carbocycles. The highest BCUT2D eigenvalue weighted by molar-refractivity contribution is 7.23. The summed E-state index contributed by atoms with van der Waals surface area (Å²) >= 11 is 0. The fourth-order valence-electron chi connectivity index (χ4n) is 3.90. The van der Waals surface area contributed by atoms with Crippen molar-refractivity contribution in [3.8, 4) is 0 Å². The molecule has 0 aliphatic rings. The van der Waals surface area contributed by atoms with Crippen molar-refractivity contribution in [2.75, 3.05) is 0 Å². The zero-order valence-corrected chi connectivity index (χ0v) is 21.4. The highest BCUT2D eigenvalue weighted by atomic mass is 31.0. The molecule has 0 heterocycles. The van der Waals surface area contributed by atoms with Gasteiger partial charge in [-0.05, 0) is 19.3 Å². The first-order valence-corrected chi connectivity index (χ1v) is 13.4. The Balaban J connectivity index is 4.77. The SMILES string of the molecule is CCCCCCCC(=O)CC(P)(C(=O)CCCCCCC)C(=O)CCCCCCC. The van der Waals surface area contributed by atoms with Gasteiger partial charge in [0.1, 0.15) is 10.9 Å². The van der Waals surface area contributed by atoms with Gasteiger partial charge in [0, 0.05) is 25.7 Å². The van der Waals surface area contributed by atoms with Gasteiger partial charge in [-0.2, -0.15) is 0 Å². The van der Waals surface area contributed by atoms with Crippen molar-refractivity contribution in [2.45, 2.75) is 148 Å². The van der Waals surface area contributed by atoms with Crippen LogP contribution in [-0.2, 0) is 14.4 Å². The van der Waals surface area contributed by atoms with E-state index in [4.69, 9.17) is 0 Å². The summed E-state index contributed by atoms with van der Waals surface area (Å²) in [4.78, 5) is 38.7. The molecule has 0 saturated heterocycles. The van der Waals surface area contributed by atoms with Gasteiger partial charge in [-0.25, -0.2) is 0 Å². The van der Waals surface area contributed by atoms with E-state index in [0.717, 1.165) is 57.8 Å². The highest BCUT2D eigenvalue weighted by Gasteiger charge is 2.41. The van der Waals surface area contributed by atoms with Crippen molar-refractivity contribution >= 4 is 26.6 Å². The molecule has 1 atom stereocenters. The lowest BCUT2D eigenvalue weighted by Gasteiger charge is -2.26. The first-order valence-electron chi connectivity index (χ1n) is 12.8. The molecule has 0 bridgehead atoms. The number of rotatable bonds is 22. The molecule has 0 aromatic carbocycles. The molecule has 0 aromatic heterocycles. The predicted molar refractivity (Wildman–Crippen MR) is 132 cm³/mol. The smallest absolute Gasteiger partial charge is 0.150 e. The summed E-state index contributed by atoms with van der Waals surface area (Å²) in [6.45, 7) is 6.52. The Labute approximate surface area is 189 Å². The minimum atomic E-state index is -1.18. The second-order valence-corrected chi connectivity index (χ2v) is 10.0. The number of ketones is 3. The molecular weight excluding hydrogens is 391 g/mol. The van der Waals surface area contributed by atoms with E-state index < -0.39 is 5.16 Å². The van der Waals surface area contributed by atoms with E-state index in [-0.39, 0.29) is 23.8 Å². The molecule has 0 aromatic rings. The Morgan fingerprint density at radius 2 is 0.867 bits per heavy atom. The molecule has 176 valence electrons. The lowest BCUT2D eigenvalue weighted by molar-refractivity contribution is -0.134. The normalized spacial score (nSPS) is 11.6. The minimum Gasteiger partial charge on any atom is -0.300 e. The van der Waals surface area contributed by atoms with Crippen molar-refractivity contribution in [2.24, 2.45) is 0 Å².